The molecule has 2 aromatic rings. The first kappa shape index (κ1) is 11.9. The van der Waals surface area contributed by atoms with Crippen molar-refractivity contribution in [2.24, 2.45) is 0 Å². The SMILES string of the molecule is Cc1cc(C)c(-c2ccsc2C)cc1C(=O)O. The maximum absolute atomic E-state index is 11.1. The Morgan fingerprint density at radius 2 is 1.82 bits per heavy atom. The van der Waals surface area contributed by atoms with Gasteiger partial charge in [-0.2, -0.15) is 0 Å². The normalized spacial score (nSPS) is 10.5. The second-order valence-corrected chi connectivity index (χ2v) is 5.30. The molecule has 88 valence electrons. The summed E-state index contributed by atoms with van der Waals surface area (Å²) in [5.74, 6) is -0.864. The zero-order valence-corrected chi connectivity index (χ0v) is 10.9. The minimum Gasteiger partial charge on any atom is -0.478 e. The average Bonchev–Trinajstić information content (AvgIpc) is 2.64. The quantitative estimate of drug-likeness (QED) is 0.868. The van der Waals surface area contributed by atoms with Crippen LogP contribution in [0.15, 0.2) is 23.6 Å². The van der Waals surface area contributed by atoms with Gasteiger partial charge >= 0.3 is 5.97 Å². The summed E-state index contributed by atoms with van der Waals surface area (Å²) in [6.07, 6.45) is 0. The lowest BCUT2D eigenvalue weighted by Gasteiger charge is -2.09. The van der Waals surface area contributed by atoms with Crippen LogP contribution in [0.25, 0.3) is 11.1 Å². The van der Waals surface area contributed by atoms with E-state index in [9.17, 15) is 4.79 Å². The van der Waals surface area contributed by atoms with Crippen LogP contribution in [0, 0.1) is 20.8 Å². The van der Waals surface area contributed by atoms with E-state index in [4.69, 9.17) is 5.11 Å². The van der Waals surface area contributed by atoms with Gasteiger partial charge in [0.25, 0.3) is 0 Å². The lowest BCUT2D eigenvalue weighted by atomic mass is 9.95. The van der Waals surface area contributed by atoms with Gasteiger partial charge in [0.2, 0.25) is 0 Å². The lowest BCUT2D eigenvalue weighted by molar-refractivity contribution is 0.0696. The molecule has 0 radical (unpaired) electrons. The van der Waals surface area contributed by atoms with Crippen molar-refractivity contribution in [2.75, 3.05) is 0 Å². The number of carbonyl (C=O) groups is 1. The molecule has 3 heteroatoms. The molecule has 17 heavy (non-hydrogen) atoms. The van der Waals surface area contributed by atoms with Crippen molar-refractivity contribution < 1.29 is 9.90 Å². The number of aromatic carboxylic acids is 1. The minimum absolute atomic E-state index is 0.385. The van der Waals surface area contributed by atoms with Crippen molar-refractivity contribution in [3.05, 3.63) is 45.1 Å². The summed E-state index contributed by atoms with van der Waals surface area (Å²) in [6.45, 7) is 5.91. The molecule has 2 rings (SSSR count). The van der Waals surface area contributed by atoms with Crippen molar-refractivity contribution in [2.45, 2.75) is 20.8 Å². The molecule has 0 aliphatic heterocycles. The molecule has 0 spiro atoms. The van der Waals surface area contributed by atoms with Gasteiger partial charge in [-0.25, -0.2) is 4.79 Å². The van der Waals surface area contributed by atoms with Crippen LogP contribution in [-0.2, 0) is 0 Å². The third-order valence-electron chi connectivity index (χ3n) is 2.95. The van der Waals surface area contributed by atoms with Crippen LogP contribution in [0.4, 0.5) is 0 Å². The van der Waals surface area contributed by atoms with E-state index in [1.807, 2.05) is 31.4 Å². The Bertz CT molecular complexity index is 582. The molecule has 0 fully saturated rings. The van der Waals surface area contributed by atoms with Crippen molar-refractivity contribution in [1.29, 1.82) is 0 Å². The van der Waals surface area contributed by atoms with Crippen molar-refractivity contribution >= 4 is 17.3 Å². The number of hydrogen-bond acceptors (Lipinski definition) is 2. The number of thiophene rings is 1. The molecule has 0 bridgehead atoms. The van der Waals surface area contributed by atoms with E-state index >= 15 is 0 Å². The zero-order valence-electron chi connectivity index (χ0n) is 10.1. The molecule has 1 heterocycles. The lowest BCUT2D eigenvalue weighted by Crippen LogP contribution is -2.01. The Balaban J connectivity index is 2.67. The standard InChI is InChI=1S/C14H14O2S/c1-8-6-9(2)13(14(15)16)7-12(8)11-4-5-17-10(11)3/h4-7H,1-3H3,(H,15,16). The Labute approximate surface area is 105 Å². The van der Waals surface area contributed by atoms with E-state index < -0.39 is 5.97 Å². The monoisotopic (exact) mass is 246 g/mol. The van der Waals surface area contributed by atoms with E-state index in [1.165, 1.54) is 4.88 Å². The zero-order chi connectivity index (χ0) is 12.6. The summed E-state index contributed by atoms with van der Waals surface area (Å²) in [5, 5.41) is 11.2. The number of benzene rings is 1. The summed E-state index contributed by atoms with van der Waals surface area (Å²) in [6, 6.07) is 5.77. The van der Waals surface area contributed by atoms with E-state index in [0.29, 0.717) is 5.56 Å². The first-order valence-electron chi connectivity index (χ1n) is 5.39. The van der Waals surface area contributed by atoms with Gasteiger partial charge in [0.1, 0.15) is 0 Å². The number of carboxylic acid groups (broad SMARTS) is 1. The van der Waals surface area contributed by atoms with E-state index in [2.05, 4.69) is 6.92 Å². The van der Waals surface area contributed by atoms with Crippen LogP contribution in [0.5, 0.6) is 0 Å². The molecular weight excluding hydrogens is 232 g/mol. The average molecular weight is 246 g/mol. The second-order valence-electron chi connectivity index (χ2n) is 4.18. The largest absolute Gasteiger partial charge is 0.478 e. The van der Waals surface area contributed by atoms with Gasteiger partial charge in [0.05, 0.1) is 5.56 Å². The van der Waals surface area contributed by atoms with Crippen molar-refractivity contribution in [3.8, 4) is 11.1 Å². The van der Waals surface area contributed by atoms with E-state index in [0.717, 1.165) is 22.3 Å². The van der Waals surface area contributed by atoms with E-state index in [-0.39, 0.29) is 0 Å². The predicted molar refractivity (Wildman–Crippen MR) is 70.9 cm³/mol. The van der Waals surface area contributed by atoms with Gasteiger partial charge in [0, 0.05) is 4.88 Å². The summed E-state index contributed by atoms with van der Waals surface area (Å²) in [4.78, 5) is 12.4. The highest BCUT2D eigenvalue weighted by molar-refractivity contribution is 7.10. The highest BCUT2D eigenvalue weighted by Crippen LogP contribution is 2.31. The molecule has 0 aliphatic carbocycles. The molecule has 0 atom stereocenters. The van der Waals surface area contributed by atoms with Gasteiger partial charge in [-0.3, -0.25) is 0 Å². The maximum Gasteiger partial charge on any atom is 0.335 e. The smallest absolute Gasteiger partial charge is 0.335 e. The van der Waals surface area contributed by atoms with E-state index in [1.54, 1.807) is 17.4 Å². The molecule has 0 saturated carbocycles. The number of aryl methyl sites for hydroxylation is 3. The van der Waals surface area contributed by atoms with Crippen LogP contribution in [0.2, 0.25) is 0 Å². The first-order chi connectivity index (χ1) is 8.00. The summed E-state index contributed by atoms with van der Waals surface area (Å²) >= 11 is 1.68. The third-order valence-corrected chi connectivity index (χ3v) is 3.80. The number of rotatable bonds is 2. The minimum atomic E-state index is -0.864. The van der Waals surface area contributed by atoms with Gasteiger partial charge in [-0.15, -0.1) is 11.3 Å². The Kier molecular flexibility index (Phi) is 3.03. The molecule has 1 N–H and O–H groups in total. The van der Waals surface area contributed by atoms with Gasteiger partial charge < -0.3 is 5.11 Å². The first-order valence-corrected chi connectivity index (χ1v) is 6.27. The van der Waals surface area contributed by atoms with Crippen LogP contribution < -0.4 is 0 Å². The fourth-order valence-corrected chi connectivity index (χ4v) is 2.75. The number of carboxylic acids is 1. The van der Waals surface area contributed by atoms with Crippen molar-refractivity contribution in [1.82, 2.24) is 0 Å². The molecule has 2 nitrogen and oxygen atoms in total. The molecule has 1 aromatic heterocycles. The molecule has 1 aromatic carbocycles. The highest BCUT2D eigenvalue weighted by Gasteiger charge is 2.13. The van der Waals surface area contributed by atoms with Crippen LogP contribution in [-0.4, -0.2) is 11.1 Å². The number of hydrogen-bond donors (Lipinski definition) is 1. The van der Waals surface area contributed by atoms with Crippen molar-refractivity contribution in [3.63, 3.8) is 0 Å². The fraction of sp³-hybridized carbons (Fsp3) is 0.214. The molecule has 0 amide bonds. The summed E-state index contributed by atoms with van der Waals surface area (Å²) in [5.41, 5.74) is 4.47. The Morgan fingerprint density at radius 1 is 1.12 bits per heavy atom. The second kappa shape index (κ2) is 4.34. The van der Waals surface area contributed by atoms with Crippen LogP contribution in [0.3, 0.4) is 0 Å². The predicted octanol–water partition coefficient (Wildman–Crippen LogP) is 4.04. The summed E-state index contributed by atoms with van der Waals surface area (Å²) < 4.78 is 0. The Morgan fingerprint density at radius 3 is 2.35 bits per heavy atom. The summed E-state index contributed by atoms with van der Waals surface area (Å²) in [7, 11) is 0. The molecule has 0 aliphatic rings. The van der Waals surface area contributed by atoms with Gasteiger partial charge in [0.15, 0.2) is 0 Å². The topological polar surface area (TPSA) is 37.3 Å². The third kappa shape index (κ3) is 2.11. The Hall–Kier alpha value is -1.61. The maximum atomic E-state index is 11.1. The van der Waals surface area contributed by atoms with Gasteiger partial charge in [-0.1, -0.05) is 6.07 Å². The van der Waals surface area contributed by atoms with Crippen LogP contribution in [0.1, 0.15) is 26.4 Å². The molecule has 0 unspecified atom stereocenters. The molecule has 0 saturated heterocycles. The molecular formula is C14H14O2S. The van der Waals surface area contributed by atoms with Gasteiger partial charge in [-0.05, 0) is 60.5 Å². The fourth-order valence-electron chi connectivity index (χ4n) is 2.04. The highest BCUT2D eigenvalue weighted by atomic mass is 32.1. The van der Waals surface area contributed by atoms with Crippen LogP contribution >= 0.6 is 11.3 Å².